The zero-order chi connectivity index (χ0) is 16.6. The van der Waals surface area contributed by atoms with Crippen molar-refractivity contribution in [2.75, 3.05) is 10.2 Å². The number of fused-ring (bicyclic) bond motifs is 1. The van der Waals surface area contributed by atoms with Gasteiger partial charge in [-0.3, -0.25) is 9.78 Å². The molecule has 0 fully saturated rings. The SMILES string of the molecule is CC(=O)N1c2ccccc2C(Nc2cncc(Cl)c2)C(C)C1C. The van der Waals surface area contributed by atoms with Crippen molar-refractivity contribution >= 4 is 28.9 Å². The second-order valence-corrected chi connectivity index (χ2v) is 6.50. The Morgan fingerprint density at radius 2 is 2.00 bits per heavy atom. The highest BCUT2D eigenvalue weighted by Crippen LogP contribution is 2.42. The molecule has 23 heavy (non-hydrogen) atoms. The first-order valence-corrected chi connectivity index (χ1v) is 8.12. The summed E-state index contributed by atoms with van der Waals surface area (Å²) in [6.07, 6.45) is 3.38. The van der Waals surface area contributed by atoms with Gasteiger partial charge in [0.05, 0.1) is 22.9 Å². The molecule has 0 saturated carbocycles. The number of aromatic nitrogens is 1. The number of nitrogens with zero attached hydrogens (tertiary/aromatic N) is 2. The van der Waals surface area contributed by atoms with Gasteiger partial charge in [0.2, 0.25) is 5.91 Å². The van der Waals surface area contributed by atoms with E-state index in [9.17, 15) is 4.79 Å². The van der Waals surface area contributed by atoms with E-state index in [4.69, 9.17) is 11.6 Å². The van der Waals surface area contributed by atoms with Crippen LogP contribution in [0, 0.1) is 5.92 Å². The van der Waals surface area contributed by atoms with E-state index in [1.165, 1.54) is 0 Å². The van der Waals surface area contributed by atoms with E-state index in [0.29, 0.717) is 5.02 Å². The number of halogens is 1. The minimum atomic E-state index is 0.0691. The maximum absolute atomic E-state index is 12.1. The van der Waals surface area contributed by atoms with E-state index < -0.39 is 0 Å². The van der Waals surface area contributed by atoms with E-state index in [-0.39, 0.29) is 23.9 Å². The van der Waals surface area contributed by atoms with Crippen LogP contribution < -0.4 is 10.2 Å². The highest BCUT2D eigenvalue weighted by Gasteiger charge is 2.37. The number of anilines is 2. The van der Waals surface area contributed by atoms with Crippen molar-refractivity contribution in [1.82, 2.24) is 4.98 Å². The predicted octanol–water partition coefficient (Wildman–Crippen LogP) is 4.28. The highest BCUT2D eigenvalue weighted by molar-refractivity contribution is 6.30. The molecule has 1 aromatic carbocycles. The van der Waals surface area contributed by atoms with Crippen LogP contribution in [0.3, 0.4) is 0 Å². The monoisotopic (exact) mass is 329 g/mol. The van der Waals surface area contributed by atoms with Crippen molar-refractivity contribution < 1.29 is 4.79 Å². The van der Waals surface area contributed by atoms with Gasteiger partial charge in [0, 0.05) is 30.8 Å². The van der Waals surface area contributed by atoms with Crippen molar-refractivity contribution in [3.63, 3.8) is 0 Å². The van der Waals surface area contributed by atoms with Crippen LogP contribution in [0.2, 0.25) is 5.02 Å². The lowest BCUT2D eigenvalue weighted by Crippen LogP contribution is -2.48. The first-order valence-electron chi connectivity index (χ1n) is 7.75. The summed E-state index contributed by atoms with van der Waals surface area (Å²) in [5.74, 6) is 0.312. The molecular weight excluding hydrogens is 310 g/mol. The lowest BCUT2D eigenvalue weighted by Gasteiger charge is -2.44. The summed E-state index contributed by atoms with van der Waals surface area (Å²) in [6, 6.07) is 10.1. The van der Waals surface area contributed by atoms with Gasteiger partial charge in [-0.25, -0.2) is 0 Å². The molecule has 0 saturated heterocycles. The Kier molecular flexibility index (Phi) is 4.26. The highest BCUT2D eigenvalue weighted by atomic mass is 35.5. The normalized spacial score (nSPS) is 23.3. The summed E-state index contributed by atoms with van der Waals surface area (Å²) in [5.41, 5.74) is 2.97. The topological polar surface area (TPSA) is 45.2 Å². The predicted molar refractivity (Wildman–Crippen MR) is 93.8 cm³/mol. The minimum absolute atomic E-state index is 0.0691. The van der Waals surface area contributed by atoms with Gasteiger partial charge in [-0.2, -0.15) is 0 Å². The number of amides is 1. The van der Waals surface area contributed by atoms with E-state index >= 15 is 0 Å². The third-order valence-corrected chi connectivity index (χ3v) is 4.80. The van der Waals surface area contributed by atoms with Gasteiger partial charge in [-0.15, -0.1) is 0 Å². The van der Waals surface area contributed by atoms with Crippen LogP contribution in [0.25, 0.3) is 0 Å². The quantitative estimate of drug-likeness (QED) is 0.894. The van der Waals surface area contributed by atoms with Crippen LogP contribution in [0.4, 0.5) is 11.4 Å². The molecular formula is C18H20ClN3O. The molecule has 5 heteroatoms. The summed E-state index contributed by atoms with van der Waals surface area (Å²) in [6.45, 7) is 5.87. The summed E-state index contributed by atoms with van der Waals surface area (Å²) in [4.78, 5) is 18.1. The molecule has 2 heterocycles. The zero-order valence-corrected chi connectivity index (χ0v) is 14.2. The largest absolute Gasteiger partial charge is 0.377 e. The third-order valence-electron chi connectivity index (χ3n) is 4.59. The van der Waals surface area contributed by atoms with Crippen molar-refractivity contribution in [3.8, 4) is 0 Å². The number of rotatable bonds is 2. The Hall–Kier alpha value is -2.07. The van der Waals surface area contributed by atoms with Gasteiger partial charge in [0.15, 0.2) is 0 Å². The van der Waals surface area contributed by atoms with Crippen LogP contribution in [0.5, 0.6) is 0 Å². The zero-order valence-electron chi connectivity index (χ0n) is 13.5. The number of pyridine rings is 1. The van der Waals surface area contributed by atoms with Crippen molar-refractivity contribution in [2.24, 2.45) is 5.92 Å². The molecule has 1 aliphatic heterocycles. The minimum Gasteiger partial charge on any atom is -0.377 e. The van der Waals surface area contributed by atoms with Gasteiger partial charge in [-0.1, -0.05) is 36.7 Å². The molecule has 1 aliphatic rings. The lowest BCUT2D eigenvalue weighted by atomic mass is 9.82. The molecule has 1 N–H and O–H groups in total. The Balaban J connectivity index is 2.03. The molecule has 3 rings (SSSR count). The van der Waals surface area contributed by atoms with Crippen LogP contribution in [-0.4, -0.2) is 16.9 Å². The van der Waals surface area contributed by atoms with Crippen LogP contribution in [-0.2, 0) is 4.79 Å². The summed E-state index contributed by atoms with van der Waals surface area (Å²) < 4.78 is 0. The fourth-order valence-corrected chi connectivity index (χ4v) is 3.50. The van der Waals surface area contributed by atoms with Gasteiger partial charge >= 0.3 is 0 Å². The lowest BCUT2D eigenvalue weighted by molar-refractivity contribution is -0.117. The van der Waals surface area contributed by atoms with E-state index in [2.05, 4.69) is 30.2 Å². The number of nitrogens with one attached hydrogen (secondary N) is 1. The van der Waals surface area contributed by atoms with Gasteiger partial charge in [0.1, 0.15) is 0 Å². The maximum atomic E-state index is 12.1. The van der Waals surface area contributed by atoms with Gasteiger partial charge in [-0.05, 0) is 24.6 Å². The summed E-state index contributed by atoms with van der Waals surface area (Å²) in [7, 11) is 0. The number of carbonyl (C=O) groups excluding carboxylic acids is 1. The van der Waals surface area contributed by atoms with Crippen LogP contribution >= 0.6 is 11.6 Å². The Morgan fingerprint density at radius 3 is 2.70 bits per heavy atom. The van der Waals surface area contributed by atoms with Crippen LogP contribution in [0.15, 0.2) is 42.7 Å². The third kappa shape index (κ3) is 2.91. The molecule has 2 aromatic rings. The fourth-order valence-electron chi connectivity index (χ4n) is 3.32. The molecule has 0 spiro atoms. The number of carbonyl (C=O) groups is 1. The number of benzene rings is 1. The van der Waals surface area contributed by atoms with E-state index in [0.717, 1.165) is 16.9 Å². The van der Waals surface area contributed by atoms with Crippen LogP contribution in [0.1, 0.15) is 32.4 Å². The van der Waals surface area contributed by atoms with E-state index in [1.807, 2.05) is 29.2 Å². The number of para-hydroxylation sites is 1. The first-order chi connectivity index (χ1) is 11.0. The van der Waals surface area contributed by atoms with Crippen molar-refractivity contribution in [1.29, 1.82) is 0 Å². The maximum Gasteiger partial charge on any atom is 0.224 e. The first kappa shape index (κ1) is 15.8. The second-order valence-electron chi connectivity index (χ2n) is 6.06. The molecule has 1 aromatic heterocycles. The fraction of sp³-hybridized carbons (Fsp3) is 0.333. The molecule has 1 amide bonds. The molecule has 0 radical (unpaired) electrons. The Bertz CT molecular complexity index is 734. The molecule has 120 valence electrons. The average molecular weight is 330 g/mol. The molecule has 0 bridgehead atoms. The number of hydrogen-bond donors (Lipinski definition) is 1. The molecule has 4 nitrogen and oxygen atoms in total. The smallest absolute Gasteiger partial charge is 0.224 e. The summed E-state index contributed by atoms with van der Waals surface area (Å²) in [5, 5.41) is 4.13. The Morgan fingerprint density at radius 1 is 1.26 bits per heavy atom. The Labute approximate surface area is 141 Å². The standard InChI is InChI=1S/C18H20ClN3O/c1-11-12(2)22(13(3)23)17-7-5-4-6-16(17)18(11)21-15-8-14(19)9-20-10-15/h4-12,18,21H,1-3H3. The second kappa shape index (κ2) is 6.20. The van der Waals surface area contributed by atoms with Crippen molar-refractivity contribution in [2.45, 2.75) is 32.9 Å². The number of hydrogen-bond acceptors (Lipinski definition) is 3. The van der Waals surface area contributed by atoms with Gasteiger partial charge < -0.3 is 10.2 Å². The van der Waals surface area contributed by atoms with E-state index in [1.54, 1.807) is 19.3 Å². The average Bonchev–Trinajstić information content (AvgIpc) is 2.51. The molecule has 0 aliphatic carbocycles. The van der Waals surface area contributed by atoms with Crippen molar-refractivity contribution in [3.05, 3.63) is 53.3 Å². The summed E-state index contributed by atoms with van der Waals surface area (Å²) >= 11 is 6.04. The molecule has 3 atom stereocenters. The van der Waals surface area contributed by atoms with Gasteiger partial charge in [0.25, 0.3) is 0 Å². The molecule has 3 unspecified atom stereocenters.